The summed E-state index contributed by atoms with van der Waals surface area (Å²) in [7, 11) is 0. The summed E-state index contributed by atoms with van der Waals surface area (Å²) in [5, 5.41) is 25.3. The number of ether oxygens (including phenoxy) is 1. The van der Waals surface area contributed by atoms with Crippen LogP contribution in [0.3, 0.4) is 0 Å². The first-order valence-corrected chi connectivity index (χ1v) is 10.3. The topological polar surface area (TPSA) is 137 Å². The van der Waals surface area contributed by atoms with Gasteiger partial charge in [0.1, 0.15) is 5.75 Å². The molecule has 1 aliphatic rings. The number of non-ortho nitro benzene ring substituents is 1. The molecule has 0 unspecified atom stereocenters. The van der Waals surface area contributed by atoms with Gasteiger partial charge in [-0.25, -0.2) is 4.99 Å². The van der Waals surface area contributed by atoms with Crippen molar-refractivity contribution in [1.29, 1.82) is 0 Å². The van der Waals surface area contributed by atoms with Gasteiger partial charge in [-0.15, -0.1) is 0 Å². The van der Waals surface area contributed by atoms with Gasteiger partial charge in [-0.05, 0) is 53.7 Å². The Hall–Kier alpha value is -4.51. The van der Waals surface area contributed by atoms with Gasteiger partial charge >= 0.3 is 5.69 Å². The smallest absolute Gasteiger partial charge is 0.318 e. The maximum atomic E-state index is 12.2. The summed E-state index contributed by atoms with van der Waals surface area (Å²) in [5.74, 6) is -0.0929. The molecule has 164 valence electrons. The number of amides is 1. The molecule has 1 aliphatic heterocycles. The summed E-state index contributed by atoms with van der Waals surface area (Å²) in [5.41, 5.74) is 0.515. The number of rotatable bonds is 6. The van der Waals surface area contributed by atoms with Crippen molar-refractivity contribution in [1.82, 2.24) is 5.32 Å². The highest BCUT2D eigenvalue weighted by Gasteiger charge is 2.24. The summed E-state index contributed by atoms with van der Waals surface area (Å²) in [6.45, 7) is 0. The number of nitro groups is 2. The molecule has 0 radical (unpaired) electrons. The number of aliphatic imine (C=N–C) groups is 1. The average Bonchev–Trinajstić information content (AvgIpc) is 3.14. The fourth-order valence-corrected chi connectivity index (χ4v) is 3.70. The predicted molar refractivity (Wildman–Crippen MR) is 124 cm³/mol. The molecule has 3 aromatic rings. The molecule has 1 heterocycles. The van der Waals surface area contributed by atoms with E-state index in [2.05, 4.69) is 10.3 Å². The Bertz CT molecular complexity index is 1310. The van der Waals surface area contributed by atoms with Crippen molar-refractivity contribution in [3.8, 4) is 11.5 Å². The minimum Gasteiger partial charge on any atom is -0.450 e. The van der Waals surface area contributed by atoms with Gasteiger partial charge < -0.3 is 10.1 Å². The molecule has 0 spiro atoms. The van der Waals surface area contributed by atoms with Crippen LogP contribution in [-0.4, -0.2) is 20.9 Å². The predicted octanol–water partition coefficient (Wildman–Crippen LogP) is 5.19. The lowest BCUT2D eigenvalue weighted by Gasteiger charge is -2.06. The molecule has 1 saturated heterocycles. The van der Waals surface area contributed by atoms with Crippen LogP contribution in [0.5, 0.6) is 11.5 Å². The Kier molecular flexibility index (Phi) is 6.13. The number of hydrogen-bond acceptors (Lipinski definition) is 8. The van der Waals surface area contributed by atoms with Gasteiger partial charge in [-0.2, -0.15) is 0 Å². The number of benzene rings is 3. The second-order valence-electron chi connectivity index (χ2n) is 6.65. The zero-order valence-corrected chi connectivity index (χ0v) is 17.5. The van der Waals surface area contributed by atoms with E-state index in [1.165, 1.54) is 17.8 Å². The Morgan fingerprint density at radius 1 is 0.939 bits per heavy atom. The van der Waals surface area contributed by atoms with Gasteiger partial charge in [0.15, 0.2) is 5.17 Å². The second kappa shape index (κ2) is 9.32. The SMILES string of the molecule is O=C1NC(=Nc2ccccc2)S/C1=C/c1ccc(Oc2ccc([N+](=O)[O-])cc2[N+](=O)[O-])cc1. The maximum Gasteiger partial charge on any atom is 0.318 e. The Balaban J connectivity index is 1.50. The summed E-state index contributed by atoms with van der Waals surface area (Å²) in [6, 6.07) is 18.9. The quantitative estimate of drug-likeness (QED) is 0.302. The van der Waals surface area contributed by atoms with Crippen LogP contribution in [0.15, 0.2) is 82.7 Å². The van der Waals surface area contributed by atoms with Crippen molar-refractivity contribution in [2.24, 2.45) is 4.99 Å². The van der Waals surface area contributed by atoms with Gasteiger partial charge in [-0.3, -0.25) is 25.0 Å². The Labute approximate surface area is 190 Å². The van der Waals surface area contributed by atoms with E-state index >= 15 is 0 Å². The van der Waals surface area contributed by atoms with Crippen LogP contribution in [0.25, 0.3) is 6.08 Å². The maximum absolute atomic E-state index is 12.2. The molecule has 10 nitrogen and oxygen atoms in total. The largest absolute Gasteiger partial charge is 0.450 e. The molecular weight excluding hydrogens is 448 g/mol. The summed E-state index contributed by atoms with van der Waals surface area (Å²) < 4.78 is 5.55. The third kappa shape index (κ3) is 5.22. The number of carbonyl (C=O) groups excluding carboxylic acids is 1. The van der Waals surface area contributed by atoms with Crippen molar-refractivity contribution in [3.63, 3.8) is 0 Å². The zero-order chi connectivity index (χ0) is 23.4. The summed E-state index contributed by atoms with van der Waals surface area (Å²) in [6.07, 6.45) is 1.69. The first-order chi connectivity index (χ1) is 15.9. The molecule has 0 atom stereocenters. The summed E-state index contributed by atoms with van der Waals surface area (Å²) in [4.78, 5) is 37.8. The van der Waals surface area contributed by atoms with Gasteiger partial charge in [0, 0.05) is 6.07 Å². The van der Waals surface area contributed by atoms with Crippen LogP contribution in [0.4, 0.5) is 17.1 Å². The third-order valence-electron chi connectivity index (χ3n) is 4.39. The summed E-state index contributed by atoms with van der Waals surface area (Å²) >= 11 is 1.21. The van der Waals surface area contributed by atoms with Crippen molar-refractivity contribution in [3.05, 3.63) is 103 Å². The number of amidine groups is 1. The van der Waals surface area contributed by atoms with E-state index < -0.39 is 21.2 Å². The lowest BCUT2D eigenvalue weighted by molar-refractivity contribution is -0.394. The molecule has 1 fully saturated rings. The number of carbonyl (C=O) groups is 1. The molecular formula is C22H14N4O6S. The van der Waals surface area contributed by atoms with E-state index in [1.807, 2.05) is 30.3 Å². The lowest BCUT2D eigenvalue weighted by atomic mass is 10.2. The monoisotopic (exact) mass is 462 g/mol. The van der Waals surface area contributed by atoms with E-state index in [0.717, 1.165) is 17.8 Å². The van der Waals surface area contributed by atoms with Crippen LogP contribution >= 0.6 is 11.8 Å². The number of nitrogens with one attached hydrogen (secondary N) is 1. The van der Waals surface area contributed by atoms with Crippen molar-refractivity contribution in [2.75, 3.05) is 0 Å². The van der Waals surface area contributed by atoms with Crippen molar-refractivity contribution in [2.45, 2.75) is 0 Å². The van der Waals surface area contributed by atoms with E-state index in [-0.39, 0.29) is 11.7 Å². The molecule has 0 aliphatic carbocycles. The van der Waals surface area contributed by atoms with Gasteiger partial charge in [0.05, 0.1) is 26.5 Å². The standard InChI is InChI=1S/C22H14N4O6S/c27-21-20(33-22(24-21)23-15-4-2-1-3-5-15)12-14-6-9-17(10-7-14)32-19-11-8-16(25(28)29)13-18(19)26(30)31/h1-13H,(H,23,24,27)/b20-12+. The highest BCUT2D eigenvalue weighted by atomic mass is 32.2. The highest BCUT2D eigenvalue weighted by Crippen LogP contribution is 2.35. The fourth-order valence-electron chi connectivity index (χ4n) is 2.86. The molecule has 3 aromatic carbocycles. The number of para-hydroxylation sites is 1. The molecule has 0 bridgehead atoms. The van der Waals surface area contributed by atoms with Crippen LogP contribution in [0.1, 0.15) is 5.56 Å². The van der Waals surface area contributed by atoms with Gasteiger partial charge in [0.2, 0.25) is 5.75 Å². The third-order valence-corrected chi connectivity index (χ3v) is 5.30. The minimum absolute atomic E-state index is 0.121. The second-order valence-corrected chi connectivity index (χ2v) is 7.69. The van der Waals surface area contributed by atoms with Crippen LogP contribution in [0, 0.1) is 20.2 Å². The van der Waals surface area contributed by atoms with Gasteiger partial charge in [-0.1, -0.05) is 30.3 Å². The van der Waals surface area contributed by atoms with Gasteiger partial charge in [0.25, 0.3) is 11.6 Å². The number of hydrogen-bond donors (Lipinski definition) is 1. The van der Waals surface area contributed by atoms with E-state index in [4.69, 9.17) is 4.74 Å². The molecule has 0 aromatic heterocycles. The molecule has 4 rings (SSSR count). The average molecular weight is 462 g/mol. The van der Waals surface area contributed by atoms with E-state index in [1.54, 1.807) is 30.3 Å². The van der Waals surface area contributed by atoms with E-state index in [9.17, 15) is 25.0 Å². The highest BCUT2D eigenvalue weighted by molar-refractivity contribution is 8.18. The normalized spacial score (nSPS) is 15.5. The number of thioether (sulfide) groups is 1. The molecule has 0 saturated carbocycles. The molecule has 11 heteroatoms. The van der Waals surface area contributed by atoms with Crippen LogP contribution in [-0.2, 0) is 4.79 Å². The Morgan fingerprint density at radius 2 is 1.67 bits per heavy atom. The van der Waals surface area contributed by atoms with Crippen LogP contribution < -0.4 is 10.1 Å². The minimum atomic E-state index is -0.744. The van der Waals surface area contributed by atoms with Crippen molar-refractivity contribution < 1.29 is 19.4 Å². The van der Waals surface area contributed by atoms with E-state index in [0.29, 0.717) is 21.4 Å². The first kappa shape index (κ1) is 21.7. The van der Waals surface area contributed by atoms with Crippen molar-refractivity contribution >= 4 is 46.0 Å². The molecule has 1 amide bonds. The Morgan fingerprint density at radius 3 is 2.33 bits per heavy atom. The number of nitro benzene ring substituents is 2. The number of nitrogens with zero attached hydrogens (tertiary/aromatic N) is 3. The zero-order valence-electron chi connectivity index (χ0n) is 16.7. The molecule has 1 N–H and O–H groups in total. The molecule has 33 heavy (non-hydrogen) atoms. The van der Waals surface area contributed by atoms with Crippen LogP contribution in [0.2, 0.25) is 0 Å². The lowest BCUT2D eigenvalue weighted by Crippen LogP contribution is -2.19. The fraction of sp³-hybridized carbons (Fsp3) is 0. The first-order valence-electron chi connectivity index (χ1n) is 9.44.